The zero-order chi connectivity index (χ0) is 9.68. The summed E-state index contributed by atoms with van der Waals surface area (Å²) in [6.45, 7) is 6.12. The van der Waals surface area contributed by atoms with Gasteiger partial charge in [-0.1, -0.05) is 0 Å². The molecule has 2 N–H and O–H groups in total. The van der Waals surface area contributed by atoms with Crippen LogP contribution in [0.15, 0.2) is 12.4 Å². The third kappa shape index (κ3) is 4.05. The van der Waals surface area contributed by atoms with Gasteiger partial charge in [0.25, 0.3) is 0 Å². The lowest BCUT2D eigenvalue weighted by Crippen LogP contribution is -2.27. The quantitative estimate of drug-likeness (QED) is 0.639. The molecule has 1 aromatic heterocycles. The molecule has 0 amide bonds. The summed E-state index contributed by atoms with van der Waals surface area (Å²) in [7, 11) is 0. The van der Waals surface area contributed by atoms with E-state index in [1.807, 2.05) is 24.0 Å². The summed E-state index contributed by atoms with van der Waals surface area (Å²) in [6, 6.07) is 0. The second-order valence-electron chi connectivity index (χ2n) is 3.33. The zero-order valence-corrected chi connectivity index (χ0v) is 8.20. The van der Waals surface area contributed by atoms with Crippen molar-refractivity contribution in [1.29, 1.82) is 0 Å². The van der Waals surface area contributed by atoms with E-state index in [-0.39, 0.29) is 6.10 Å². The number of hydrogen-bond donors (Lipinski definition) is 2. The van der Waals surface area contributed by atoms with Gasteiger partial charge in [0.1, 0.15) is 0 Å². The highest BCUT2D eigenvalue weighted by molar-refractivity contribution is 4.99. The van der Waals surface area contributed by atoms with Gasteiger partial charge in [0.15, 0.2) is 0 Å². The van der Waals surface area contributed by atoms with Gasteiger partial charge in [-0.15, -0.1) is 0 Å². The molecule has 4 nitrogen and oxygen atoms in total. The summed E-state index contributed by atoms with van der Waals surface area (Å²) in [5.74, 6) is 0. The summed E-state index contributed by atoms with van der Waals surface area (Å²) < 4.78 is 1.89. The van der Waals surface area contributed by atoms with E-state index in [9.17, 15) is 0 Å². The third-order valence-electron chi connectivity index (χ3n) is 1.72. The molecule has 0 aliphatic carbocycles. The van der Waals surface area contributed by atoms with Crippen molar-refractivity contribution >= 4 is 0 Å². The molecule has 1 rings (SSSR count). The monoisotopic (exact) mass is 183 g/mol. The first kappa shape index (κ1) is 10.2. The van der Waals surface area contributed by atoms with E-state index in [0.717, 1.165) is 13.1 Å². The number of aromatic nitrogens is 2. The van der Waals surface area contributed by atoms with E-state index < -0.39 is 0 Å². The molecular formula is C9H17N3O. The Morgan fingerprint density at radius 2 is 2.46 bits per heavy atom. The van der Waals surface area contributed by atoms with Crippen molar-refractivity contribution < 1.29 is 5.11 Å². The Kier molecular flexibility index (Phi) is 3.92. The van der Waals surface area contributed by atoms with Crippen molar-refractivity contribution in [3.05, 3.63) is 18.0 Å². The molecule has 1 unspecified atom stereocenters. The van der Waals surface area contributed by atoms with E-state index in [1.165, 1.54) is 5.56 Å². The van der Waals surface area contributed by atoms with E-state index in [0.29, 0.717) is 6.54 Å². The van der Waals surface area contributed by atoms with Crippen LogP contribution in [0.1, 0.15) is 12.5 Å². The predicted octanol–water partition coefficient (Wildman–Crippen LogP) is 0.162. The number of nitrogens with zero attached hydrogens (tertiary/aromatic N) is 2. The first-order chi connectivity index (χ1) is 6.18. The maximum Gasteiger partial charge on any atom is 0.0636 e. The molecular weight excluding hydrogens is 166 g/mol. The van der Waals surface area contributed by atoms with Crippen molar-refractivity contribution in [1.82, 2.24) is 15.1 Å². The second kappa shape index (κ2) is 4.99. The molecule has 0 aliphatic heterocycles. The number of rotatable bonds is 5. The van der Waals surface area contributed by atoms with Crippen molar-refractivity contribution in [2.45, 2.75) is 26.5 Å². The molecule has 1 heterocycles. The number of hydrogen-bond acceptors (Lipinski definition) is 3. The SMILES string of the molecule is Cc1cnn(CCNCC(C)O)c1. The van der Waals surface area contributed by atoms with Crippen LogP contribution in [0, 0.1) is 6.92 Å². The molecule has 0 aliphatic rings. The highest BCUT2D eigenvalue weighted by Gasteiger charge is 1.95. The van der Waals surface area contributed by atoms with Crippen LogP contribution in [0.2, 0.25) is 0 Å². The smallest absolute Gasteiger partial charge is 0.0636 e. The van der Waals surface area contributed by atoms with Crippen LogP contribution in [0.5, 0.6) is 0 Å². The molecule has 4 heteroatoms. The van der Waals surface area contributed by atoms with Crippen LogP contribution >= 0.6 is 0 Å². The molecule has 0 spiro atoms. The predicted molar refractivity (Wildman–Crippen MR) is 51.5 cm³/mol. The molecule has 1 atom stereocenters. The summed E-state index contributed by atoms with van der Waals surface area (Å²) in [5.41, 5.74) is 1.18. The van der Waals surface area contributed by atoms with Gasteiger partial charge < -0.3 is 10.4 Å². The van der Waals surface area contributed by atoms with Gasteiger partial charge in [-0.25, -0.2) is 0 Å². The van der Waals surface area contributed by atoms with E-state index >= 15 is 0 Å². The topological polar surface area (TPSA) is 50.1 Å². The van der Waals surface area contributed by atoms with Gasteiger partial charge in [-0.3, -0.25) is 4.68 Å². The van der Waals surface area contributed by atoms with Crippen molar-refractivity contribution in [2.24, 2.45) is 0 Å². The van der Waals surface area contributed by atoms with Gasteiger partial charge in [-0.2, -0.15) is 5.10 Å². The lowest BCUT2D eigenvalue weighted by atomic mass is 10.4. The van der Waals surface area contributed by atoms with Crippen LogP contribution in [0.3, 0.4) is 0 Å². The minimum Gasteiger partial charge on any atom is -0.392 e. The molecule has 0 radical (unpaired) electrons. The summed E-state index contributed by atoms with van der Waals surface area (Å²) in [4.78, 5) is 0. The Bertz CT molecular complexity index is 245. The molecule has 0 fully saturated rings. The molecule has 74 valence electrons. The second-order valence-corrected chi connectivity index (χ2v) is 3.33. The van der Waals surface area contributed by atoms with Crippen molar-refractivity contribution in [3.8, 4) is 0 Å². The Labute approximate surface area is 78.6 Å². The molecule has 0 bridgehead atoms. The molecule has 0 saturated heterocycles. The molecule has 1 aromatic rings. The van der Waals surface area contributed by atoms with Crippen LogP contribution in [-0.4, -0.2) is 34.1 Å². The van der Waals surface area contributed by atoms with Crippen molar-refractivity contribution in [2.75, 3.05) is 13.1 Å². The minimum absolute atomic E-state index is 0.278. The van der Waals surface area contributed by atoms with Gasteiger partial charge in [0, 0.05) is 19.3 Å². The molecule has 13 heavy (non-hydrogen) atoms. The number of aliphatic hydroxyl groups excluding tert-OH is 1. The van der Waals surface area contributed by atoms with Crippen LogP contribution < -0.4 is 5.32 Å². The van der Waals surface area contributed by atoms with E-state index in [1.54, 1.807) is 6.92 Å². The Morgan fingerprint density at radius 3 is 3.00 bits per heavy atom. The fourth-order valence-corrected chi connectivity index (χ4v) is 1.09. The Balaban J connectivity index is 2.13. The van der Waals surface area contributed by atoms with Crippen LogP contribution in [0.25, 0.3) is 0 Å². The van der Waals surface area contributed by atoms with Crippen LogP contribution in [-0.2, 0) is 6.54 Å². The summed E-state index contributed by atoms with van der Waals surface area (Å²) >= 11 is 0. The van der Waals surface area contributed by atoms with Crippen molar-refractivity contribution in [3.63, 3.8) is 0 Å². The zero-order valence-electron chi connectivity index (χ0n) is 8.20. The summed E-state index contributed by atoms with van der Waals surface area (Å²) in [6.07, 6.45) is 3.57. The highest BCUT2D eigenvalue weighted by atomic mass is 16.3. The first-order valence-corrected chi connectivity index (χ1v) is 4.56. The van der Waals surface area contributed by atoms with Gasteiger partial charge in [0.2, 0.25) is 0 Å². The Hall–Kier alpha value is -0.870. The number of nitrogens with one attached hydrogen (secondary N) is 1. The maximum absolute atomic E-state index is 8.97. The first-order valence-electron chi connectivity index (χ1n) is 4.56. The standard InChI is InChI=1S/C9H17N3O/c1-8-5-11-12(7-8)4-3-10-6-9(2)13/h5,7,9-10,13H,3-4,6H2,1-2H3. The average molecular weight is 183 g/mol. The minimum atomic E-state index is -0.278. The van der Waals surface area contributed by atoms with Crippen LogP contribution in [0.4, 0.5) is 0 Å². The number of aryl methyl sites for hydroxylation is 1. The fourth-order valence-electron chi connectivity index (χ4n) is 1.09. The lowest BCUT2D eigenvalue weighted by molar-refractivity contribution is 0.191. The highest BCUT2D eigenvalue weighted by Crippen LogP contribution is 1.92. The van der Waals surface area contributed by atoms with E-state index in [4.69, 9.17) is 5.11 Å². The largest absolute Gasteiger partial charge is 0.392 e. The molecule has 0 saturated carbocycles. The maximum atomic E-state index is 8.97. The number of aliphatic hydroxyl groups is 1. The Morgan fingerprint density at radius 1 is 1.69 bits per heavy atom. The van der Waals surface area contributed by atoms with Gasteiger partial charge in [-0.05, 0) is 19.4 Å². The lowest BCUT2D eigenvalue weighted by Gasteiger charge is -2.06. The normalized spacial score (nSPS) is 13.2. The van der Waals surface area contributed by atoms with Gasteiger partial charge in [0.05, 0.1) is 18.8 Å². The summed E-state index contributed by atoms with van der Waals surface area (Å²) in [5, 5.41) is 16.2. The average Bonchev–Trinajstić information content (AvgIpc) is 2.45. The molecule has 0 aromatic carbocycles. The van der Waals surface area contributed by atoms with Gasteiger partial charge >= 0.3 is 0 Å². The third-order valence-corrected chi connectivity index (χ3v) is 1.72. The van der Waals surface area contributed by atoms with E-state index in [2.05, 4.69) is 10.4 Å². The fraction of sp³-hybridized carbons (Fsp3) is 0.667.